The fraction of sp³-hybridized carbons (Fsp3) is 0.200. The second-order valence-corrected chi connectivity index (χ2v) is 4.29. The Morgan fingerprint density at radius 3 is 2.68 bits per heavy atom. The van der Waals surface area contributed by atoms with Crippen LogP contribution in [0, 0.1) is 5.82 Å². The predicted octanol–water partition coefficient (Wildman–Crippen LogP) is 4.15. The lowest BCUT2D eigenvalue weighted by atomic mass is 10.2. The third-order valence-electron chi connectivity index (χ3n) is 2.70. The molecule has 2 nitrogen and oxygen atoms in total. The summed E-state index contributed by atoms with van der Waals surface area (Å²) >= 11 is 5.85. The smallest absolute Gasteiger partial charge is 0.127 e. The van der Waals surface area contributed by atoms with Crippen molar-refractivity contribution in [2.45, 2.75) is 12.5 Å². The molecule has 0 N–H and O–H groups in total. The SMILES string of the molecule is COc1ccc(CCl)c(OCc2cccc(F)c2)c1. The van der Waals surface area contributed by atoms with Gasteiger partial charge in [0.25, 0.3) is 0 Å². The molecular weight excluding hydrogens is 267 g/mol. The molecule has 0 spiro atoms. The van der Waals surface area contributed by atoms with Crippen LogP contribution in [0.25, 0.3) is 0 Å². The van der Waals surface area contributed by atoms with Crippen LogP contribution in [0.5, 0.6) is 11.5 Å². The maximum absolute atomic E-state index is 13.1. The van der Waals surface area contributed by atoms with Gasteiger partial charge in [0, 0.05) is 11.6 Å². The minimum absolute atomic E-state index is 0.274. The maximum Gasteiger partial charge on any atom is 0.127 e. The second kappa shape index (κ2) is 6.43. The molecule has 0 heterocycles. The first kappa shape index (κ1) is 13.7. The molecular formula is C15H14ClFO2. The summed E-state index contributed by atoms with van der Waals surface area (Å²) in [6, 6.07) is 11.8. The van der Waals surface area contributed by atoms with Crippen molar-refractivity contribution in [1.82, 2.24) is 0 Å². The Morgan fingerprint density at radius 1 is 1.16 bits per heavy atom. The van der Waals surface area contributed by atoms with Crippen molar-refractivity contribution in [2.75, 3.05) is 7.11 Å². The van der Waals surface area contributed by atoms with E-state index in [1.807, 2.05) is 18.2 Å². The monoisotopic (exact) mass is 280 g/mol. The molecule has 0 atom stereocenters. The Labute approximate surface area is 116 Å². The van der Waals surface area contributed by atoms with Gasteiger partial charge in [0.05, 0.1) is 13.0 Å². The molecule has 0 radical (unpaired) electrons. The number of rotatable bonds is 5. The van der Waals surface area contributed by atoms with Crippen LogP contribution in [0.15, 0.2) is 42.5 Å². The lowest BCUT2D eigenvalue weighted by Gasteiger charge is -2.11. The second-order valence-electron chi connectivity index (χ2n) is 4.03. The van der Waals surface area contributed by atoms with E-state index in [1.54, 1.807) is 19.2 Å². The van der Waals surface area contributed by atoms with E-state index >= 15 is 0 Å². The molecule has 0 unspecified atom stereocenters. The van der Waals surface area contributed by atoms with Gasteiger partial charge >= 0.3 is 0 Å². The quantitative estimate of drug-likeness (QED) is 0.766. The summed E-state index contributed by atoms with van der Waals surface area (Å²) in [7, 11) is 1.59. The van der Waals surface area contributed by atoms with E-state index in [9.17, 15) is 4.39 Å². The normalized spacial score (nSPS) is 10.3. The zero-order valence-corrected chi connectivity index (χ0v) is 11.3. The summed E-state index contributed by atoms with van der Waals surface area (Å²) in [5.74, 6) is 1.42. The third kappa shape index (κ3) is 3.61. The van der Waals surface area contributed by atoms with E-state index in [1.165, 1.54) is 12.1 Å². The van der Waals surface area contributed by atoms with Crippen LogP contribution < -0.4 is 9.47 Å². The number of benzene rings is 2. The number of hydrogen-bond donors (Lipinski definition) is 0. The van der Waals surface area contributed by atoms with E-state index in [-0.39, 0.29) is 12.4 Å². The third-order valence-corrected chi connectivity index (χ3v) is 2.99. The number of ether oxygens (including phenoxy) is 2. The highest BCUT2D eigenvalue weighted by Crippen LogP contribution is 2.27. The molecule has 100 valence electrons. The number of methoxy groups -OCH3 is 1. The minimum atomic E-state index is -0.274. The minimum Gasteiger partial charge on any atom is -0.497 e. The molecule has 0 amide bonds. The van der Waals surface area contributed by atoms with Gasteiger partial charge in [-0.1, -0.05) is 18.2 Å². The summed E-state index contributed by atoms with van der Waals surface area (Å²) in [4.78, 5) is 0. The summed E-state index contributed by atoms with van der Waals surface area (Å²) < 4.78 is 23.9. The molecule has 0 aliphatic rings. The molecule has 4 heteroatoms. The summed E-state index contributed by atoms with van der Waals surface area (Å²) in [5.41, 5.74) is 1.64. The molecule has 0 aliphatic carbocycles. The van der Waals surface area contributed by atoms with Gasteiger partial charge in [0.1, 0.15) is 23.9 Å². The van der Waals surface area contributed by atoms with Crippen molar-refractivity contribution in [3.05, 3.63) is 59.4 Å². The maximum atomic E-state index is 13.1. The van der Waals surface area contributed by atoms with Crippen molar-refractivity contribution in [2.24, 2.45) is 0 Å². The summed E-state index contributed by atoms with van der Waals surface area (Å²) in [5, 5.41) is 0. The first-order valence-corrected chi connectivity index (χ1v) is 6.36. The molecule has 2 rings (SSSR count). The number of alkyl halides is 1. The molecule has 0 saturated heterocycles. The Balaban J connectivity index is 2.14. The van der Waals surface area contributed by atoms with Crippen molar-refractivity contribution in [1.29, 1.82) is 0 Å². The Morgan fingerprint density at radius 2 is 2.00 bits per heavy atom. The largest absolute Gasteiger partial charge is 0.497 e. The summed E-state index contributed by atoms with van der Waals surface area (Å²) in [6.45, 7) is 0.287. The predicted molar refractivity (Wildman–Crippen MR) is 73.3 cm³/mol. The van der Waals surface area contributed by atoms with Crippen LogP contribution in [-0.4, -0.2) is 7.11 Å². The van der Waals surface area contributed by atoms with Crippen molar-refractivity contribution < 1.29 is 13.9 Å². The molecule has 0 aliphatic heterocycles. The average molecular weight is 281 g/mol. The van der Waals surface area contributed by atoms with Gasteiger partial charge in [-0.2, -0.15) is 0 Å². The zero-order valence-electron chi connectivity index (χ0n) is 10.5. The van der Waals surface area contributed by atoms with Crippen LogP contribution in [0.1, 0.15) is 11.1 Å². The van der Waals surface area contributed by atoms with Gasteiger partial charge in [-0.05, 0) is 23.8 Å². The number of hydrogen-bond acceptors (Lipinski definition) is 2. The fourth-order valence-electron chi connectivity index (χ4n) is 1.69. The fourth-order valence-corrected chi connectivity index (χ4v) is 1.92. The Hall–Kier alpha value is -1.74. The lowest BCUT2D eigenvalue weighted by Crippen LogP contribution is -1.99. The zero-order chi connectivity index (χ0) is 13.7. The van der Waals surface area contributed by atoms with Gasteiger partial charge < -0.3 is 9.47 Å². The molecule has 2 aromatic rings. The molecule has 0 saturated carbocycles. The summed E-state index contributed by atoms with van der Waals surface area (Å²) in [6.07, 6.45) is 0. The van der Waals surface area contributed by atoms with Crippen LogP contribution in [-0.2, 0) is 12.5 Å². The van der Waals surface area contributed by atoms with Gasteiger partial charge in [0.15, 0.2) is 0 Å². The standard InChI is InChI=1S/C15H14ClFO2/c1-18-14-6-5-12(9-16)15(8-14)19-10-11-3-2-4-13(17)7-11/h2-8H,9-10H2,1H3. The molecule has 19 heavy (non-hydrogen) atoms. The first-order chi connectivity index (χ1) is 9.22. The van der Waals surface area contributed by atoms with Crippen molar-refractivity contribution in [3.8, 4) is 11.5 Å². The van der Waals surface area contributed by atoms with E-state index in [2.05, 4.69) is 0 Å². The Kier molecular flexibility index (Phi) is 4.63. The molecule has 0 bridgehead atoms. The molecule has 0 fully saturated rings. The highest BCUT2D eigenvalue weighted by Gasteiger charge is 2.06. The van der Waals surface area contributed by atoms with Crippen molar-refractivity contribution >= 4 is 11.6 Å². The van der Waals surface area contributed by atoms with Gasteiger partial charge in [-0.3, -0.25) is 0 Å². The van der Waals surface area contributed by atoms with E-state index in [4.69, 9.17) is 21.1 Å². The van der Waals surface area contributed by atoms with Crippen LogP contribution in [0.3, 0.4) is 0 Å². The highest BCUT2D eigenvalue weighted by atomic mass is 35.5. The first-order valence-electron chi connectivity index (χ1n) is 5.83. The van der Waals surface area contributed by atoms with Crippen LogP contribution in [0.4, 0.5) is 4.39 Å². The van der Waals surface area contributed by atoms with Crippen LogP contribution >= 0.6 is 11.6 Å². The average Bonchev–Trinajstić information content (AvgIpc) is 2.45. The van der Waals surface area contributed by atoms with Gasteiger partial charge in [-0.25, -0.2) is 4.39 Å². The van der Waals surface area contributed by atoms with Crippen molar-refractivity contribution in [3.63, 3.8) is 0 Å². The Bertz CT molecular complexity index is 558. The van der Waals surface area contributed by atoms with Gasteiger partial charge in [0.2, 0.25) is 0 Å². The topological polar surface area (TPSA) is 18.5 Å². The van der Waals surface area contributed by atoms with Gasteiger partial charge in [-0.15, -0.1) is 11.6 Å². The van der Waals surface area contributed by atoms with E-state index < -0.39 is 0 Å². The lowest BCUT2D eigenvalue weighted by molar-refractivity contribution is 0.300. The number of halogens is 2. The molecule has 0 aromatic heterocycles. The molecule has 2 aromatic carbocycles. The van der Waals surface area contributed by atoms with E-state index in [0.717, 1.165) is 11.1 Å². The van der Waals surface area contributed by atoms with Crippen LogP contribution in [0.2, 0.25) is 0 Å². The van der Waals surface area contributed by atoms with E-state index in [0.29, 0.717) is 17.4 Å². The highest BCUT2D eigenvalue weighted by molar-refractivity contribution is 6.17.